The minimum absolute atomic E-state index is 0.0130. The number of benzene rings is 2. The lowest BCUT2D eigenvalue weighted by atomic mass is 9.95. The van der Waals surface area contributed by atoms with Crippen molar-refractivity contribution in [2.75, 3.05) is 36.4 Å². The summed E-state index contributed by atoms with van der Waals surface area (Å²) in [5.41, 5.74) is 2.73. The van der Waals surface area contributed by atoms with Gasteiger partial charge in [-0.05, 0) is 48.2 Å². The van der Waals surface area contributed by atoms with Gasteiger partial charge in [0.15, 0.2) is 0 Å². The lowest BCUT2D eigenvalue weighted by Crippen LogP contribution is -2.31. The molecule has 0 aliphatic carbocycles. The fourth-order valence-corrected chi connectivity index (χ4v) is 4.39. The molecule has 0 radical (unpaired) electrons. The summed E-state index contributed by atoms with van der Waals surface area (Å²) in [6, 6.07) is 20.6. The van der Waals surface area contributed by atoms with E-state index in [-0.39, 0.29) is 17.6 Å². The Labute approximate surface area is 195 Å². The highest BCUT2D eigenvalue weighted by Gasteiger charge is 2.19. The van der Waals surface area contributed by atoms with Crippen molar-refractivity contribution >= 4 is 17.4 Å². The zero-order valence-electron chi connectivity index (χ0n) is 19.1. The average Bonchev–Trinajstić information content (AvgIpc) is 3.06. The first-order valence-corrected chi connectivity index (χ1v) is 11.7. The molecule has 1 aromatic heterocycles. The summed E-state index contributed by atoms with van der Waals surface area (Å²) < 4.78 is 13.5. The summed E-state index contributed by atoms with van der Waals surface area (Å²) in [7, 11) is 0. The molecule has 1 aliphatic heterocycles. The number of carbonyl (C=O) groups excluding carboxylic acids is 1. The fourth-order valence-electron chi connectivity index (χ4n) is 4.39. The van der Waals surface area contributed by atoms with Gasteiger partial charge in [-0.2, -0.15) is 0 Å². The minimum atomic E-state index is -0.186. The number of anilines is 2. The van der Waals surface area contributed by atoms with Crippen LogP contribution in [0.25, 0.3) is 0 Å². The van der Waals surface area contributed by atoms with Crippen LogP contribution in [-0.2, 0) is 11.3 Å². The van der Waals surface area contributed by atoms with Crippen LogP contribution in [-0.4, -0.2) is 42.0 Å². The maximum Gasteiger partial charge on any atom is 0.231 e. The Bertz CT molecular complexity index is 1040. The number of carbonyl (C=O) groups is 1. The fraction of sp³-hybridized carbons (Fsp3) is 0.333. The molecule has 5 nitrogen and oxygen atoms in total. The Morgan fingerprint density at radius 1 is 1.03 bits per heavy atom. The normalized spacial score (nSPS) is 15.6. The van der Waals surface area contributed by atoms with E-state index >= 15 is 0 Å². The molecule has 4 rings (SSSR count). The average molecular weight is 447 g/mol. The van der Waals surface area contributed by atoms with E-state index in [0.717, 1.165) is 62.5 Å². The highest BCUT2D eigenvalue weighted by molar-refractivity contribution is 5.95. The third-order valence-corrected chi connectivity index (χ3v) is 6.15. The van der Waals surface area contributed by atoms with Gasteiger partial charge in [0.05, 0.1) is 17.8 Å². The molecular formula is C27H31FN4O. The summed E-state index contributed by atoms with van der Waals surface area (Å²) >= 11 is 0. The maximum absolute atomic E-state index is 13.5. The smallest absolute Gasteiger partial charge is 0.231 e. The predicted octanol–water partition coefficient (Wildman–Crippen LogP) is 5.07. The summed E-state index contributed by atoms with van der Waals surface area (Å²) in [5.74, 6) is 0.534. The summed E-state index contributed by atoms with van der Waals surface area (Å²) in [6.07, 6.45) is 3.49. The van der Waals surface area contributed by atoms with E-state index < -0.39 is 0 Å². The third-order valence-electron chi connectivity index (χ3n) is 6.15. The van der Waals surface area contributed by atoms with Gasteiger partial charge in [0.2, 0.25) is 5.91 Å². The van der Waals surface area contributed by atoms with E-state index in [1.54, 1.807) is 18.3 Å². The number of amides is 1. The Kier molecular flexibility index (Phi) is 7.68. The van der Waals surface area contributed by atoms with Crippen LogP contribution in [0.4, 0.5) is 15.9 Å². The zero-order chi connectivity index (χ0) is 23.0. The number of nitrogens with zero attached hydrogens (tertiary/aromatic N) is 3. The van der Waals surface area contributed by atoms with Crippen LogP contribution in [0.5, 0.6) is 0 Å². The molecule has 1 aliphatic rings. The van der Waals surface area contributed by atoms with Crippen molar-refractivity contribution in [2.45, 2.75) is 32.2 Å². The molecule has 0 saturated carbocycles. The monoisotopic (exact) mass is 446 g/mol. The topological polar surface area (TPSA) is 48.5 Å². The van der Waals surface area contributed by atoms with Gasteiger partial charge in [0.1, 0.15) is 11.6 Å². The van der Waals surface area contributed by atoms with E-state index in [0.29, 0.717) is 5.69 Å². The van der Waals surface area contributed by atoms with Gasteiger partial charge in [-0.25, -0.2) is 9.37 Å². The Balaban J connectivity index is 1.33. The molecule has 0 bridgehead atoms. The molecule has 0 spiro atoms. The molecule has 1 unspecified atom stereocenters. The van der Waals surface area contributed by atoms with E-state index in [1.165, 1.54) is 6.07 Å². The highest BCUT2D eigenvalue weighted by atomic mass is 19.1. The van der Waals surface area contributed by atoms with E-state index in [9.17, 15) is 9.18 Å². The van der Waals surface area contributed by atoms with Crippen LogP contribution in [0, 0.1) is 5.82 Å². The van der Waals surface area contributed by atoms with Crippen LogP contribution in [0.3, 0.4) is 0 Å². The standard InChI is InChI=1S/C27H31FN4O/c1-2-25(22-9-4-3-5-10-22)27(33)30-24-12-13-26(29-19-24)32-15-7-14-31(16-17-32)20-21-8-6-11-23(28)18-21/h3-6,8-13,18-19,25H,2,7,14-17,20H2,1H3,(H,30,33). The van der Waals surface area contributed by atoms with Crippen molar-refractivity contribution < 1.29 is 9.18 Å². The van der Waals surface area contributed by atoms with Crippen LogP contribution in [0.15, 0.2) is 72.9 Å². The second-order valence-corrected chi connectivity index (χ2v) is 8.51. The second kappa shape index (κ2) is 11.1. The zero-order valence-corrected chi connectivity index (χ0v) is 19.1. The van der Waals surface area contributed by atoms with E-state index in [4.69, 9.17) is 0 Å². The summed E-state index contributed by atoms with van der Waals surface area (Å²) in [6.45, 7) is 6.43. The van der Waals surface area contributed by atoms with Gasteiger partial charge in [-0.1, -0.05) is 49.4 Å². The van der Waals surface area contributed by atoms with Crippen molar-refractivity contribution in [1.82, 2.24) is 9.88 Å². The van der Waals surface area contributed by atoms with Crippen LogP contribution in [0.2, 0.25) is 0 Å². The number of halogens is 1. The number of nitrogens with one attached hydrogen (secondary N) is 1. The number of hydrogen-bond donors (Lipinski definition) is 1. The largest absolute Gasteiger partial charge is 0.355 e. The van der Waals surface area contributed by atoms with Gasteiger partial charge in [0.25, 0.3) is 0 Å². The van der Waals surface area contributed by atoms with E-state index in [2.05, 4.69) is 20.1 Å². The molecule has 2 heterocycles. The minimum Gasteiger partial charge on any atom is -0.355 e. The van der Waals surface area contributed by atoms with Crippen molar-refractivity contribution in [3.05, 3.63) is 89.9 Å². The first-order valence-electron chi connectivity index (χ1n) is 11.7. The lowest BCUT2D eigenvalue weighted by Gasteiger charge is -2.23. The second-order valence-electron chi connectivity index (χ2n) is 8.51. The van der Waals surface area contributed by atoms with Crippen molar-refractivity contribution in [1.29, 1.82) is 0 Å². The molecule has 2 aromatic carbocycles. The molecule has 1 atom stereocenters. The number of rotatable bonds is 7. The van der Waals surface area contributed by atoms with Gasteiger partial charge in [-0.3, -0.25) is 9.69 Å². The van der Waals surface area contributed by atoms with Crippen molar-refractivity contribution in [3.8, 4) is 0 Å². The van der Waals surface area contributed by atoms with E-state index in [1.807, 2.05) is 55.5 Å². The Morgan fingerprint density at radius 2 is 1.88 bits per heavy atom. The van der Waals surface area contributed by atoms with Gasteiger partial charge >= 0.3 is 0 Å². The van der Waals surface area contributed by atoms with Crippen LogP contribution in [0.1, 0.15) is 36.8 Å². The maximum atomic E-state index is 13.5. The molecule has 3 aromatic rings. The van der Waals surface area contributed by atoms with Crippen LogP contribution >= 0.6 is 0 Å². The quantitative estimate of drug-likeness (QED) is 0.551. The molecule has 33 heavy (non-hydrogen) atoms. The lowest BCUT2D eigenvalue weighted by molar-refractivity contribution is -0.117. The number of hydrogen-bond acceptors (Lipinski definition) is 4. The molecule has 1 N–H and O–H groups in total. The van der Waals surface area contributed by atoms with Gasteiger partial charge in [-0.15, -0.1) is 0 Å². The SMILES string of the molecule is CCC(C(=O)Nc1ccc(N2CCCN(Cc3cccc(F)c3)CC2)nc1)c1ccccc1. The molecular weight excluding hydrogens is 415 g/mol. The molecule has 1 saturated heterocycles. The summed E-state index contributed by atoms with van der Waals surface area (Å²) in [5, 5.41) is 3.01. The first-order chi connectivity index (χ1) is 16.1. The Hall–Kier alpha value is -3.25. The predicted molar refractivity (Wildman–Crippen MR) is 131 cm³/mol. The number of pyridine rings is 1. The summed E-state index contributed by atoms with van der Waals surface area (Å²) in [4.78, 5) is 22.1. The highest BCUT2D eigenvalue weighted by Crippen LogP contribution is 2.22. The van der Waals surface area contributed by atoms with Crippen molar-refractivity contribution in [2.24, 2.45) is 0 Å². The van der Waals surface area contributed by atoms with Crippen LogP contribution < -0.4 is 10.2 Å². The number of aromatic nitrogens is 1. The molecule has 1 amide bonds. The van der Waals surface area contributed by atoms with Gasteiger partial charge < -0.3 is 10.2 Å². The molecule has 6 heteroatoms. The third kappa shape index (κ3) is 6.17. The molecule has 1 fully saturated rings. The Morgan fingerprint density at radius 3 is 2.61 bits per heavy atom. The van der Waals surface area contributed by atoms with Gasteiger partial charge in [0, 0.05) is 32.7 Å². The first kappa shape index (κ1) is 22.9. The molecule has 172 valence electrons. The van der Waals surface area contributed by atoms with Crippen molar-refractivity contribution in [3.63, 3.8) is 0 Å².